The molecule has 0 bridgehead atoms. The second-order valence-electron chi connectivity index (χ2n) is 6.23. The van der Waals surface area contributed by atoms with Crippen LogP contribution in [0.2, 0.25) is 0 Å². The normalized spacial score (nSPS) is 15.8. The first-order valence-electron chi connectivity index (χ1n) is 8.24. The molecule has 0 aliphatic carbocycles. The van der Waals surface area contributed by atoms with E-state index >= 15 is 0 Å². The minimum Gasteiger partial charge on any atom is -0.381 e. The van der Waals surface area contributed by atoms with Crippen molar-refractivity contribution in [1.29, 1.82) is 0 Å². The van der Waals surface area contributed by atoms with Crippen LogP contribution in [0, 0.1) is 0 Å². The highest BCUT2D eigenvalue weighted by Crippen LogP contribution is 2.24. The molecule has 0 radical (unpaired) electrons. The van der Waals surface area contributed by atoms with Gasteiger partial charge in [-0.1, -0.05) is 0 Å². The molecule has 130 valence electrons. The Hall–Kier alpha value is -2.19. The lowest BCUT2D eigenvalue weighted by Gasteiger charge is -2.24. The molecule has 2 aromatic rings. The average Bonchev–Trinajstić information content (AvgIpc) is 3.23. The molecule has 1 amide bonds. The molecule has 8 heteroatoms. The highest BCUT2D eigenvalue weighted by atomic mass is 16.5. The molecular weight excluding hydrogens is 308 g/mol. The summed E-state index contributed by atoms with van der Waals surface area (Å²) in [6, 6.07) is 3.82. The van der Waals surface area contributed by atoms with Crippen LogP contribution in [0.4, 0.5) is 5.82 Å². The maximum atomic E-state index is 12.4. The van der Waals surface area contributed by atoms with Crippen LogP contribution >= 0.6 is 0 Å². The van der Waals surface area contributed by atoms with Gasteiger partial charge in [-0.15, -0.1) is 0 Å². The molecule has 3 heterocycles. The lowest BCUT2D eigenvalue weighted by Crippen LogP contribution is -2.24. The molecule has 1 aliphatic rings. The topological polar surface area (TPSA) is 77.2 Å². The monoisotopic (exact) mass is 332 g/mol. The smallest absolute Gasteiger partial charge is 0.277 e. The van der Waals surface area contributed by atoms with Gasteiger partial charge in [0.2, 0.25) is 0 Å². The summed E-state index contributed by atoms with van der Waals surface area (Å²) >= 11 is 0. The van der Waals surface area contributed by atoms with Crippen molar-refractivity contribution in [2.45, 2.75) is 25.4 Å². The molecule has 0 unspecified atom stereocenters. The number of rotatable bonds is 6. The predicted octanol–water partition coefficient (Wildman–Crippen LogP) is 1.24. The fraction of sp³-hybridized carbons (Fsp3) is 0.562. The Morgan fingerprint density at radius 1 is 1.38 bits per heavy atom. The standard InChI is InChI=1S/C16H24N6O2/c1-20(2)9-10-21-8-4-14(19-21)16(23)18-15-3-7-17-22(15)13-5-11-24-12-6-13/h3-4,7-8,13H,5-6,9-12H2,1-2H3,(H,18,23). The van der Waals surface area contributed by atoms with Gasteiger partial charge in [-0.2, -0.15) is 10.2 Å². The van der Waals surface area contributed by atoms with Gasteiger partial charge in [0.15, 0.2) is 5.69 Å². The van der Waals surface area contributed by atoms with Crippen LogP contribution in [0.5, 0.6) is 0 Å². The van der Waals surface area contributed by atoms with Crippen molar-refractivity contribution in [2.75, 3.05) is 39.2 Å². The fourth-order valence-corrected chi connectivity index (χ4v) is 2.72. The van der Waals surface area contributed by atoms with E-state index in [1.165, 1.54) is 0 Å². The van der Waals surface area contributed by atoms with E-state index in [9.17, 15) is 4.79 Å². The Balaban J connectivity index is 1.64. The van der Waals surface area contributed by atoms with Crippen molar-refractivity contribution >= 4 is 11.7 Å². The number of ether oxygens (including phenoxy) is 1. The highest BCUT2D eigenvalue weighted by molar-refractivity contribution is 6.02. The van der Waals surface area contributed by atoms with Crippen molar-refractivity contribution in [2.24, 2.45) is 0 Å². The number of nitrogens with zero attached hydrogens (tertiary/aromatic N) is 5. The first kappa shape index (κ1) is 16.7. The summed E-state index contributed by atoms with van der Waals surface area (Å²) in [5.41, 5.74) is 0.411. The number of carbonyl (C=O) groups excluding carboxylic acids is 1. The average molecular weight is 332 g/mol. The molecule has 1 saturated heterocycles. The van der Waals surface area contributed by atoms with E-state index in [2.05, 4.69) is 20.4 Å². The molecule has 24 heavy (non-hydrogen) atoms. The zero-order chi connectivity index (χ0) is 16.9. The van der Waals surface area contributed by atoms with Crippen LogP contribution in [-0.4, -0.2) is 64.2 Å². The van der Waals surface area contributed by atoms with Crippen LogP contribution in [0.25, 0.3) is 0 Å². The largest absolute Gasteiger partial charge is 0.381 e. The minimum atomic E-state index is -0.215. The zero-order valence-corrected chi connectivity index (χ0v) is 14.2. The van der Waals surface area contributed by atoms with E-state index in [0.717, 1.165) is 39.1 Å². The van der Waals surface area contributed by atoms with Gasteiger partial charge in [0, 0.05) is 32.0 Å². The number of anilines is 1. The summed E-state index contributed by atoms with van der Waals surface area (Å²) in [6.45, 7) is 3.09. The number of hydrogen-bond donors (Lipinski definition) is 1. The summed E-state index contributed by atoms with van der Waals surface area (Å²) < 4.78 is 9.05. The Labute approximate surface area is 141 Å². The van der Waals surface area contributed by atoms with E-state index in [0.29, 0.717) is 11.5 Å². The molecule has 3 rings (SSSR count). The van der Waals surface area contributed by atoms with E-state index in [1.807, 2.05) is 31.0 Å². The SMILES string of the molecule is CN(C)CCn1ccc(C(=O)Nc2ccnn2C2CCOCC2)n1. The van der Waals surface area contributed by atoms with Gasteiger partial charge in [-0.05, 0) is 33.0 Å². The van der Waals surface area contributed by atoms with Crippen LogP contribution in [0.15, 0.2) is 24.5 Å². The third-order valence-electron chi connectivity index (χ3n) is 4.10. The lowest BCUT2D eigenvalue weighted by atomic mass is 10.1. The Morgan fingerprint density at radius 3 is 2.92 bits per heavy atom. The number of likely N-dealkylation sites (N-methyl/N-ethyl adjacent to an activating group) is 1. The lowest BCUT2D eigenvalue weighted by molar-refractivity contribution is 0.0668. The van der Waals surface area contributed by atoms with Gasteiger partial charge in [-0.25, -0.2) is 4.68 Å². The maximum Gasteiger partial charge on any atom is 0.277 e. The summed E-state index contributed by atoms with van der Waals surface area (Å²) in [6.07, 6.45) is 5.35. The van der Waals surface area contributed by atoms with Crippen LogP contribution in [0.3, 0.4) is 0 Å². The van der Waals surface area contributed by atoms with Gasteiger partial charge in [0.05, 0.1) is 18.8 Å². The fourth-order valence-electron chi connectivity index (χ4n) is 2.72. The zero-order valence-electron chi connectivity index (χ0n) is 14.2. The Morgan fingerprint density at radius 2 is 2.17 bits per heavy atom. The number of nitrogens with one attached hydrogen (secondary N) is 1. The van der Waals surface area contributed by atoms with E-state index in [4.69, 9.17) is 4.74 Å². The predicted molar refractivity (Wildman–Crippen MR) is 90.1 cm³/mol. The first-order chi connectivity index (χ1) is 11.6. The maximum absolute atomic E-state index is 12.4. The van der Waals surface area contributed by atoms with Gasteiger partial charge < -0.3 is 15.0 Å². The number of carbonyl (C=O) groups is 1. The van der Waals surface area contributed by atoms with Crippen molar-refractivity contribution in [3.05, 3.63) is 30.2 Å². The molecule has 1 fully saturated rings. The van der Waals surface area contributed by atoms with E-state index < -0.39 is 0 Å². The summed E-state index contributed by atoms with van der Waals surface area (Å²) in [5, 5.41) is 11.6. The van der Waals surface area contributed by atoms with Gasteiger partial charge in [0.25, 0.3) is 5.91 Å². The van der Waals surface area contributed by atoms with Gasteiger partial charge in [-0.3, -0.25) is 9.48 Å². The Bertz CT molecular complexity index is 672. The van der Waals surface area contributed by atoms with Crippen molar-refractivity contribution in [1.82, 2.24) is 24.5 Å². The summed E-state index contributed by atoms with van der Waals surface area (Å²) in [5.74, 6) is 0.488. The number of hydrogen-bond acceptors (Lipinski definition) is 5. The third kappa shape index (κ3) is 4.01. The molecule has 2 aromatic heterocycles. The van der Waals surface area contributed by atoms with Crippen LogP contribution < -0.4 is 5.32 Å². The number of amides is 1. The van der Waals surface area contributed by atoms with E-state index in [1.54, 1.807) is 16.9 Å². The molecule has 1 aliphatic heterocycles. The highest BCUT2D eigenvalue weighted by Gasteiger charge is 2.20. The molecule has 0 atom stereocenters. The molecule has 0 saturated carbocycles. The summed E-state index contributed by atoms with van der Waals surface area (Å²) in [4.78, 5) is 14.5. The second-order valence-corrected chi connectivity index (χ2v) is 6.23. The molecular formula is C16H24N6O2. The van der Waals surface area contributed by atoms with E-state index in [-0.39, 0.29) is 11.9 Å². The third-order valence-corrected chi connectivity index (χ3v) is 4.10. The van der Waals surface area contributed by atoms with Gasteiger partial charge >= 0.3 is 0 Å². The second kappa shape index (κ2) is 7.59. The quantitative estimate of drug-likeness (QED) is 0.861. The van der Waals surface area contributed by atoms with Crippen LogP contribution in [0.1, 0.15) is 29.4 Å². The molecule has 1 N–H and O–H groups in total. The minimum absolute atomic E-state index is 0.215. The molecule has 8 nitrogen and oxygen atoms in total. The van der Waals surface area contributed by atoms with Crippen LogP contribution in [-0.2, 0) is 11.3 Å². The van der Waals surface area contributed by atoms with Gasteiger partial charge in [0.1, 0.15) is 5.82 Å². The number of aromatic nitrogens is 4. The van der Waals surface area contributed by atoms with Crippen molar-refractivity contribution in [3.63, 3.8) is 0 Å². The van der Waals surface area contributed by atoms with Crippen molar-refractivity contribution < 1.29 is 9.53 Å². The Kier molecular flexibility index (Phi) is 5.27. The molecule has 0 spiro atoms. The van der Waals surface area contributed by atoms with Crippen molar-refractivity contribution in [3.8, 4) is 0 Å². The summed E-state index contributed by atoms with van der Waals surface area (Å²) in [7, 11) is 4.02. The first-order valence-corrected chi connectivity index (χ1v) is 8.24. The molecule has 0 aromatic carbocycles.